The van der Waals surface area contributed by atoms with Crippen molar-refractivity contribution in [1.82, 2.24) is 35.0 Å². The van der Waals surface area contributed by atoms with E-state index in [0.29, 0.717) is 36.5 Å². The SMILES string of the molecule is CC(C)(C)OC(=O)N1CC2CN(c3nc(-c4ccc5cn[nH]c5c4)c4[nH]cnc4n3)CC2C1. The van der Waals surface area contributed by atoms with Crippen molar-refractivity contribution in [3.8, 4) is 11.3 Å². The van der Waals surface area contributed by atoms with Gasteiger partial charge in [0.1, 0.15) is 16.8 Å². The molecule has 2 unspecified atom stereocenters. The van der Waals surface area contributed by atoms with Crippen molar-refractivity contribution in [2.75, 3.05) is 31.1 Å². The standard InChI is InChI=1S/C23H26N8O2/c1-23(2,3)33-22(32)31-10-15-8-30(9-16(15)11-31)21-27-18(19-20(28-21)25-12-24-19)13-4-5-14-7-26-29-17(14)6-13/h4-7,12,15-16H,8-11H2,1-3H3,(H,26,29)(H,24,25,27,28). The molecule has 2 aliphatic rings. The fraction of sp³-hybridized carbons (Fsp3) is 0.435. The number of nitrogens with one attached hydrogen (secondary N) is 2. The van der Waals surface area contributed by atoms with E-state index in [2.05, 4.69) is 25.1 Å². The van der Waals surface area contributed by atoms with Gasteiger partial charge in [0.15, 0.2) is 5.65 Å². The Morgan fingerprint density at radius 2 is 1.91 bits per heavy atom. The second-order valence-electron chi connectivity index (χ2n) is 9.96. The average molecular weight is 447 g/mol. The van der Waals surface area contributed by atoms with Crippen LogP contribution in [0.4, 0.5) is 10.7 Å². The second kappa shape index (κ2) is 7.16. The molecule has 170 valence electrons. The Labute approximate surface area is 190 Å². The van der Waals surface area contributed by atoms with Crippen molar-refractivity contribution in [3.63, 3.8) is 0 Å². The smallest absolute Gasteiger partial charge is 0.410 e. The number of hydrogen-bond acceptors (Lipinski definition) is 7. The summed E-state index contributed by atoms with van der Waals surface area (Å²) >= 11 is 0. The lowest BCUT2D eigenvalue weighted by molar-refractivity contribution is 0.0282. The molecule has 0 saturated carbocycles. The highest BCUT2D eigenvalue weighted by Gasteiger charge is 2.43. The normalized spacial score (nSPS) is 20.7. The fourth-order valence-corrected chi connectivity index (χ4v) is 4.89. The quantitative estimate of drug-likeness (QED) is 0.486. The van der Waals surface area contributed by atoms with Gasteiger partial charge >= 0.3 is 6.09 Å². The van der Waals surface area contributed by atoms with Crippen LogP contribution in [0.2, 0.25) is 0 Å². The van der Waals surface area contributed by atoms with E-state index in [4.69, 9.17) is 14.7 Å². The number of H-pyrrole nitrogens is 2. The molecular weight excluding hydrogens is 420 g/mol. The highest BCUT2D eigenvalue weighted by atomic mass is 16.6. The minimum Gasteiger partial charge on any atom is -0.444 e. The van der Waals surface area contributed by atoms with E-state index in [1.807, 2.05) is 43.9 Å². The Balaban J connectivity index is 1.26. The molecule has 0 spiro atoms. The van der Waals surface area contributed by atoms with Crippen molar-refractivity contribution in [2.24, 2.45) is 11.8 Å². The maximum Gasteiger partial charge on any atom is 0.410 e. The number of carbonyl (C=O) groups is 1. The average Bonchev–Trinajstić information content (AvgIpc) is 3.53. The summed E-state index contributed by atoms with van der Waals surface area (Å²) in [5.41, 5.74) is 3.72. The van der Waals surface area contributed by atoms with E-state index >= 15 is 0 Å². The number of aromatic amines is 2. The lowest BCUT2D eigenvalue weighted by Gasteiger charge is -2.26. The number of likely N-dealkylation sites (tertiary alicyclic amines) is 1. The zero-order valence-corrected chi connectivity index (χ0v) is 18.9. The van der Waals surface area contributed by atoms with Crippen LogP contribution in [0.25, 0.3) is 33.3 Å². The highest BCUT2D eigenvalue weighted by Crippen LogP contribution is 2.35. The van der Waals surface area contributed by atoms with E-state index in [-0.39, 0.29) is 6.09 Å². The van der Waals surface area contributed by atoms with Crippen LogP contribution in [0.15, 0.2) is 30.7 Å². The van der Waals surface area contributed by atoms with Gasteiger partial charge in [0.25, 0.3) is 0 Å². The van der Waals surface area contributed by atoms with Gasteiger partial charge in [-0.3, -0.25) is 5.10 Å². The molecule has 0 bridgehead atoms. The van der Waals surface area contributed by atoms with Gasteiger partial charge < -0.3 is 19.5 Å². The van der Waals surface area contributed by atoms with Gasteiger partial charge in [-0.25, -0.2) is 14.8 Å². The number of nitrogens with zero attached hydrogens (tertiary/aromatic N) is 6. The summed E-state index contributed by atoms with van der Waals surface area (Å²) in [6, 6.07) is 6.12. The van der Waals surface area contributed by atoms with E-state index in [1.165, 1.54) is 0 Å². The maximum atomic E-state index is 12.5. The first-order valence-electron chi connectivity index (χ1n) is 11.2. The lowest BCUT2D eigenvalue weighted by atomic mass is 10.0. The van der Waals surface area contributed by atoms with Crippen LogP contribution in [0.3, 0.4) is 0 Å². The molecule has 2 aliphatic heterocycles. The van der Waals surface area contributed by atoms with Gasteiger partial charge in [-0.1, -0.05) is 12.1 Å². The van der Waals surface area contributed by atoms with Gasteiger partial charge in [-0.05, 0) is 26.8 Å². The van der Waals surface area contributed by atoms with Gasteiger partial charge in [0.2, 0.25) is 5.95 Å². The van der Waals surface area contributed by atoms with E-state index in [0.717, 1.165) is 40.8 Å². The lowest BCUT2D eigenvalue weighted by Crippen LogP contribution is -2.37. The molecule has 10 heteroatoms. The summed E-state index contributed by atoms with van der Waals surface area (Å²) in [5, 5.41) is 8.19. The first kappa shape index (κ1) is 20.0. The number of ether oxygens (including phenoxy) is 1. The third-order valence-electron chi connectivity index (χ3n) is 6.41. The molecule has 1 amide bonds. The fourth-order valence-electron chi connectivity index (χ4n) is 4.89. The van der Waals surface area contributed by atoms with Gasteiger partial charge in [0.05, 0.1) is 18.0 Å². The zero-order valence-electron chi connectivity index (χ0n) is 18.9. The molecule has 33 heavy (non-hydrogen) atoms. The number of carbonyl (C=O) groups excluding carboxylic acids is 1. The molecule has 10 nitrogen and oxygen atoms in total. The van der Waals surface area contributed by atoms with Crippen LogP contribution in [-0.2, 0) is 4.74 Å². The van der Waals surface area contributed by atoms with Crippen LogP contribution < -0.4 is 4.90 Å². The van der Waals surface area contributed by atoms with Crippen molar-refractivity contribution >= 4 is 34.1 Å². The minimum absolute atomic E-state index is 0.228. The number of rotatable bonds is 2. The summed E-state index contributed by atoms with van der Waals surface area (Å²) in [7, 11) is 0. The molecule has 2 fully saturated rings. The van der Waals surface area contributed by atoms with E-state index in [1.54, 1.807) is 12.5 Å². The molecule has 2 atom stereocenters. The van der Waals surface area contributed by atoms with Crippen LogP contribution in [0.5, 0.6) is 0 Å². The molecule has 5 heterocycles. The third kappa shape index (κ3) is 3.55. The Morgan fingerprint density at radius 3 is 2.67 bits per heavy atom. The predicted octanol–water partition coefficient (Wildman–Crippen LogP) is 3.20. The van der Waals surface area contributed by atoms with Gasteiger partial charge in [-0.2, -0.15) is 10.1 Å². The molecular formula is C23H26N8O2. The number of hydrogen-bond donors (Lipinski definition) is 2. The van der Waals surface area contributed by atoms with E-state index < -0.39 is 5.60 Å². The summed E-state index contributed by atoms with van der Waals surface area (Å²) in [4.78, 5) is 33.8. The van der Waals surface area contributed by atoms with Crippen molar-refractivity contribution in [3.05, 3.63) is 30.7 Å². The maximum absolute atomic E-state index is 12.5. The van der Waals surface area contributed by atoms with Gasteiger partial charge in [0, 0.05) is 49.0 Å². The van der Waals surface area contributed by atoms with Gasteiger partial charge in [-0.15, -0.1) is 0 Å². The minimum atomic E-state index is -0.483. The summed E-state index contributed by atoms with van der Waals surface area (Å²) < 4.78 is 5.56. The first-order chi connectivity index (χ1) is 15.8. The summed E-state index contributed by atoms with van der Waals surface area (Å²) in [6.07, 6.45) is 3.23. The zero-order chi connectivity index (χ0) is 22.7. The predicted molar refractivity (Wildman–Crippen MR) is 124 cm³/mol. The van der Waals surface area contributed by atoms with Crippen molar-refractivity contribution in [1.29, 1.82) is 0 Å². The molecule has 6 rings (SSSR count). The first-order valence-corrected chi connectivity index (χ1v) is 11.2. The van der Waals surface area contributed by atoms with Crippen LogP contribution >= 0.6 is 0 Å². The molecule has 2 N–H and O–H groups in total. The monoisotopic (exact) mass is 446 g/mol. The number of fused-ring (bicyclic) bond motifs is 3. The van der Waals surface area contributed by atoms with E-state index in [9.17, 15) is 4.79 Å². The topological polar surface area (TPSA) is 116 Å². The Morgan fingerprint density at radius 1 is 1.12 bits per heavy atom. The number of aromatic nitrogens is 6. The Kier molecular flexibility index (Phi) is 4.33. The number of amides is 1. The third-order valence-corrected chi connectivity index (χ3v) is 6.41. The number of benzene rings is 1. The highest BCUT2D eigenvalue weighted by molar-refractivity contribution is 5.91. The van der Waals surface area contributed by atoms with Crippen LogP contribution in [-0.4, -0.2) is 72.9 Å². The molecule has 0 aliphatic carbocycles. The molecule has 0 radical (unpaired) electrons. The number of anilines is 1. The van der Waals surface area contributed by atoms with Crippen LogP contribution in [0.1, 0.15) is 20.8 Å². The van der Waals surface area contributed by atoms with Crippen molar-refractivity contribution in [2.45, 2.75) is 26.4 Å². The molecule has 4 aromatic rings. The Hall–Kier alpha value is -3.69. The second-order valence-corrected chi connectivity index (χ2v) is 9.96. The van der Waals surface area contributed by atoms with Crippen molar-refractivity contribution < 1.29 is 9.53 Å². The molecule has 2 saturated heterocycles. The largest absolute Gasteiger partial charge is 0.444 e. The summed E-state index contributed by atoms with van der Waals surface area (Å²) in [6.45, 7) is 8.70. The summed E-state index contributed by atoms with van der Waals surface area (Å²) in [5.74, 6) is 1.43. The molecule has 1 aromatic carbocycles. The molecule has 3 aromatic heterocycles. The number of imidazole rings is 1. The van der Waals surface area contributed by atoms with Crippen LogP contribution in [0, 0.1) is 11.8 Å². The Bertz CT molecular complexity index is 1340.